The summed E-state index contributed by atoms with van der Waals surface area (Å²) in [6, 6.07) is 5.83. The monoisotopic (exact) mass is 358 g/mol. The SMILES string of the molecule is N#Cc1cn(CC(=O)O)cc1-c1cccc(S(=O)(=O)C(F)(F)F)c1. The highest BCUT2D eigenvalue weighted by Gasteiger charge is 2.46. The van der Waals surface area contributed by atoms with Crippen LogP contribution in [0.3, 0.4) is 0 Å². The van der Waals surface area contributed by atoms with Crippen molar-refractivity contribution in [3.8, 4) is 17.2 Å². The molecule has 1 N–H and O–H groups in total. The molecule has 0 aliphatic rings. The lowest BCUT2D eigenvalue weighted by Gasteiger charge is -2.09. The van der Waals surface area contributed by atoms with Crippen LogP contribution in [0.4, 0.5) is 13.2 Å². The number of rotatable bonds is 4. The number of hydrogen-bond acceptors (Lipinski definition) is 4. The first-order chi connectivity index (χ1) is 11.1. The van der Waals surface area contributed by atoms with Gasteiger partial charge in [-0.15, -0.1) is 0 Å². The van der Waals surface area contributed by atoms with Gasteiger partial charge in [-0.25, -0.2) is 8.42 Å². The Bertz CT molecular complexity index is 940. The van der Waals surface area contributed by atoms with Crippen LogP contribution < -0.4 is 0 Å². The summed E-state index contributed by atoms with van der Waals surface area (Å²) in [5, 5.41) is 17.8. The summed E-state index contributed by atoms with van der Waals surface area (Å²) >= 11 is 0. The van der Waals surface area contributed by atoms with Crippen LogP contribution in [0, 0.1) is 11.3 Å². The third-order valence-electron chi connectivity index (χ3n) is 3.08. The first-order valence-corrected chi connectivity index (χ1v) is 7.78. The van der Waals surface area contributed by atoms with Crippen LogP contribution in [0.25, 0.3) is 11.1 Å². The zero-order valence-electron chi connectivity index (χ0n) is 11.8. The summed E-state index contributed by atoms with van der Waals surface area (Å²) in [5.41, 5.74) is -5.24. The number of benzene rings is 1. The molecule has 0 aliphatic heterocycles. The number of aromatic nitrogens is 1. The van der Waals surface area contributed by atoms with Crippen molar-refractivity contribution >= 4 is 15.8 Å². The number of nitriles is 1. The molecule has 0 aliphatic carbocycles. The molecule has 0 unspecified atom stereocenters. The molecule has 1 aromatic heterocycles. The fourth-order valence-corrected chi connectivity index (χ4v) is 2.85. The van der Waals surface area contributed by atoms with E-state index in [2.05, 4.69) is 0 Å². The first-order valence-electron chi connectivity index (χ1n) is 6.29. The Labute approximate surface area is 134 Å². The Morgan fingerprint density at radius 2 is 1.96 bits per heavy atom. The molecule has 0 saturated carbocycles. The lowest BCUT2D eigenvalue weighted by Crippen LogP contribution is -2.23. The van der Waals surface area contributed by atoms with Crippen molar-refractivity contribution < 1.29 is 31.5 Å². The highest BCUT2D eigenvalue weighted by molar-refractivity contribution is 7.92. The second-order valence-corrected chi connectivity index (χ2v) is 6.68. The summed E-state index contributed by atoms with van der Waals surface area (Å²) in [7, 11) is -5.52. The molecule has 0 spiro atoms. The maximum absolute atomic E-state index is 12.6. The minimum Gasteiger partial charge on any atom is -0.480 e. The zero-order chi connectivity index (χ0) is 18.1. The van der Waals surface area contributed by atoms with E-state index < -0.39 is 32.8 Å². The van der Waals surface area contributed by atoms with Crippen LogP contribution in [0.5, 0.6) is 0 Å². The number of hydrogen-bond donors (Lipinski definition) is 1. The van der Waals surface area contributed by atoms with Gasteiger partial charge in [0.05, 0.1) is 10.5 Å². The number of alkyl halides is 3. The Morgan fingerprint density at radius 1 is 1.29 bits per heavy atom. The van der Waals surface area contributed by atoms with E-state index in [1.807, 2.05) is 0 Å². The molecule has 10 heteroatoms. The van der Waals surface area contributed by atoms with E-state index in [4.69, 9.17) is 10.4 Å². The van der Waals surface area contributed by atoms with E-state index >= 15 is 0 Å². The predicted molar refractivity (Wildman–Crippen MR) is 75.5 cm³/mol. The van der Waals surface area contributed by atoms with Gasteiger partial charge in [-0.3, -0.25) is 4.79 Å². The van der Waals surface area contributed by atoms with Gasteiger partial charge in [0, 0.05) is 18.0 Å². The van der Waals surface area contributed by atoms with Gasteiger partial charge in [0.25, 0.3) is 9.84 Å². The number of nitrogens with zero attached hydrogens (tertiary/aromatic N) is 2. The fraction of sp³-hybridized carbons (Fsp3) is 0.143. The maximum atomic E-state index is 12.6. The Balaban J connectivity index is 2.56. The van der Waals surface area contributed by atoms with Gasteiger partial charge in [0.15, 0.2) is 0 Å². The average Bonchev–Trinajstić information content (AvgIpc) is 2.88. The van der Waals surface area contributed by atoms with Crippen molar-refractivity contribution in [1.82, 2.24) is 4.57 Å². The second-order valence-electron chi connectivity index (χ2n) is 4.74. The Morgan fingerprint density at radius 3 is 2.50 bits per heavy atom. The van der Waals surface area contributed by atoms with Crippen molar-refractivity contribution in [3.05, 3.63) is 42.2 Å². The molecular weight excluding hydrogens is 349 g/mol. The molecule has 0 atom stereocenters. The molecule has 126 valence electrons. The summed E-state index contributed by atoms with van der Waals surface area (Å²) < 4.78 is 62.0. The quantitative estimate of drug-likeness (QED) is 0.905. The third-order valence-corrected chi connectivity index (χ3v) is 4.56. The van der Waals surface area contributed by atoms with E-state index in [-0.39, 0.29) is 16.7 Å². The molecule has 0 fully saturated rings. The third kappa shape index (κ3) is 3.26. The van der Waals surface area contributed by atoms with Crippen LogP contribution in [0.2, 0.25) is 0 Å². The molecule has 1 aromatic carbocycles. The molecule has 0 bridgehead atoms. The highest BCUT2D eigenvalue weighted by Crippen LogP contribution is 2.33. The molecule has 0 amide bonds. The smallest absolute Gasteiger partial charge is 0.480 e. The summed E-state index contributed by atoms with van der Waals surface area (Å²) in [4.78, 5) is 9.75. The van der Waals surface area contributed by atoms with Gasteiger partial charge in [0.2, 0.25) is 0 Å². The number of halogens is 3. The van der Waals surface area contributed by atoms with Crippen molar-refractivity contribution in [2.75, 3.05) is 0 Å². The summed E-state index contributed by atoms with van der Waals surface area (Å²) in [5.74, 6) is -1.17. The van der Waals surface area contributed by atoms with Crippen LogP contribution in [-0.2, 0) is 21.2 Å². The van der Waals surface area contributed by atoms with E-state index in [0.717, 1.165) is 18.2 Å². The summed E-state index contributed by atoms with van der Waals surface area (Å²) in [6.07, 6.45) is 2.47. The minimum absolute atomic E-state index is 0.0119. The largest absolute Gasteiger partial charge is 0.501 e. The van der Waals surface area contributed by atoms with E-state index in [9.17, 15) is 26.4 Å². The zero-order valence-corrected chi connectivity index (χ0v) is 12.6. The number of sulfone groups is 1. The lowest BCUT2D eigenvalue weighted by atomic mass is 10.1. The average molecular weight is 358 g/mol. The molecule has 24 heavy (non-hydrogen) atoms. The van der Waals surface area contributed by atoms with Crippen LogP contribution >= 0.6 is 0 Å². The standard InChI is InChI=1S/C14H9F3N2O4S/c15-14(16,17)24(22,23)11-3-1-2-9(4-11)12-7-19(8-13(20)21)6-10(12)5-18/h1-4,6-7H,8H2,(H,20,21). The molecular formula is C14H9F3N2O4S. The maximum Gasteiger partial charge on any atom is 0.501 e. The van der Waals surface area contributed by atoms with Crippen molar-refractivity contribution in [2.24, 2.45) is 0 Å². The first kappa shape index (κ1) is 17.6. The van der Waals surface area contributed by atoms with Crippen molar-refractivity contribution in [3.63, 3.8) is 0 Å². The van der Waals surface area contributed by atoms with Gasteiger partial charge in [0.1, 0.15) is 12.6 Å². The van der Waals surface area contributed by atoms with Gasteiger partial charge in [-0.05, 0) is 17.7 Å². The normalized spacial score (nSPS) is 11.9. The number of carboxylic acids is 1. The van der Waals surface area contributed by atoms with E-state index in [1.54, 1.807) is 6.07 Å². The molecule has 1 heterocycles. The molecule has 0 radical (unpaired) electrons. The van der Waals surface area contributed by atoms with Crippen LogP contribution in [-0.4, -0.2) is 29.6 Å². The minimum atomic E-state index is -5.52. The van der Waals surface area contributed by atoms with Crippen molar-refractivity contribution in [2.45, 2.75) is 16.9 Å². The predicted octanol–water partition coefficient (Wildman–Crippen LogP) is 2.40. The number of carbonyl (C=O) groups is 1. The van der Waals surface area contributed by atoms with Gasteiger partial charge in [-0.2, -0.15) is 18.4 Å². The fourth-order valence-electron chi connectivity index (χ4n) is 2.04. The summed E-state index contributed by atoms with van der Waals surface area (Å²) in [6.45, 7) is -0.449. The molecule has 2 rings (SSSR count). The Kier molecular flexibility index (Phi) is 4.40. The topological polar surface area (TPSA) is 100 Å². The molecule has 0 saturated heterocycles. The molecule has 2 aromatic rings. The number of aliphatic carboxylic acids is 1. The Hall–Kier alpha value is -2.80. The van der Waals surface area contributed by atoms with Gasteiger partial charge < -0.3 is 9.67 Å². The van der Waals surface area contributed by atoms with Crippen molar-refractivity contribution in [1.29, 1.82) is 5.26 Å². The second kappa shape index (κ2) is 6.01. The highest BCUT2D eigenvalue weighted by atomic mass is 32.2. The van der Waals surface area contributed by atoms with Crippen LogP contribution in [0.1, 0.15) is 5.56 Å². The van der Waals surface area contributed by atoms with E-state index in [0.29, 0.717) is 0 Å². The van der Waals surface area contributed by atoms with Crippen LogP contribution in [0.15, 0.2) is 41.6 Å². The molecule has 6 nitrogen and oxygen atoms in total. The van der Waals surface area contributed by atoms with E-state index in [1.165, 1.54) is 23.0 Å². The van der Waals surface area contributed by atoms with Gasteiger partial charge in [-0.1, -0.05) is 12.1 Å². The lowest BCUT2D eigenvalue weighted by molar-refractivity contribution is -0.137. The number of carboxylic acid groups (broad SMARTS) is 1. The van der Waals surface area contributed by atoms with Gasteiger partial charge >= 0.3 is 11.5 Å².